The van der Waals surface area contributed by atoms with Crippen LogP contribution < -0.4 is 5.32 Å². The second-order valence-corrected chi connectivity index (χ2v) is 5.91. The van der Waals surface area contributed by atoms with E-state index in [4.69, 9.17) is 9.72 Å². The first-order valence-corrected chi connectivity index (χ1v) is 7.81. The van der Waals surface area contributed by atoms with Crippen LogP contribution in [0.25, 0.3) is 11.0 Å². The van der Waals surface area contributed by atoms with Crippen LogP contribution in [0.1, 0.15) is 26.1 Å². The van der Waals surface area contributed by atoms with Crippen molar-refractivity contribution < 1.29 is 9.53 Å². The van der Waals surface area contributed by atoms with Gasteiger partial charge in [-0.25, -0.2) is 4.98 Å². The number of carbonyl (C=O) groups excluding carboxylic acids is 1. The summed E-state index contributed by atoms with van der Waals surface area (Å²) < 4.78 is 7.10. The van der Waals surface area contributed by atoms with Gasteiger partial charge in [-0.3, -0.25) is 4.79 Å². The molecule has 0 aliphatic heterocycles. The average Bonchev–Trinajstić information content (AvgIpc) is 2.81. The quantitative estimate of drug-likeness (QED) is 0.762. The van der Waals surface area contributed by atoms with Gasteiger partial charge < -0.3 is 14.6 Å². The van der Waals surface area contributed by atoms with E-state index in [1.165, 1.54) is 12.6 Å². The molecule has 2 rings (SSSR count). The molecule has 0 fully saturated rings. The molecule has 1 aromatic carbocycles. The molecule has 1 aromatic heterocycles. The molecule has 22 heavy (non-hydrogen) atoms. The molecular weight excluding hydrogens is 278 g/mol. The molecule has 0 spiro atoms. The highest BCUT2D eigenvalue weighted by Gasteiger charge is 2.11. The smallest absolute Gasteiger partial charge is 0.245 e. The van der Waals surface area contributed by atoms with E-state index in [1.807, 2.05) is 6.07 Å². The van der Waals surface area contributed by atoms with Gasteiger partial charge >= 0.3 is 0 Å². The van der Waals surface area contributed by atoms with Crippen molar-refractivity contribution in [2.75, 3.05) is 20.3 Å². The zero-order valence-corrected chi connectivity index (χ0v) is 13.6. The SMILES string of the molecule is COCC(=O)NCCCc1nc2ccccc2n1CC(C)C. The monoisotopic (exact) mass is 303 g/mol. The van der Waals surface area contributed by atoms with Crippen LogP contribution in [0.2, 0.25) is 0 Å². The predicted molar refractivity (Wildman–Crippen MR) is 87.8 cm³/mol. The maximum atomic E-state index is 11.4. The molecule has 0 saturated heterocycles. The average molecular weight is 303 g/mol. The lowest BCUT2D eigenvalue weighted by Gasteiger charge is -2.12. The van der Waals surface area contributed by atoms with Crippen molar-refractivity contribution in [2.45, 2.75) is 33.2 Å². The van der Waals surface area contributed by atoms with Crippen LogP contribution in [-0.4, -0.2) is 35.7 Å². The Hall–Kier alpha value is -1.88. The number of aromatic nitrogens is 2. The Kier molecular flexibility index (Phi) is 5.95. The molecule has 0 unspecified atom stereocenters. The molecule has 0 saturated carbocycles. The van der Waals surface area contributed by atoms with Gasteiger partial charge in [0.1, 0.15) is 12.4 Å². The molecule has 1 amide bonds. The highest BCUT2D eigenvalue weighted by molar-refractivity contribution is 5.77. The Morgan fingerprint density at radius 1 is 1.36 bits per heavy atom. The number of ether oxygens (including phenoxy) is 1. The van der Waals surface area contributed by atoms with Crippen LogP contribution in [-0.2, 0) is 22.5 Å². The van der Waals surface area contributed by atoms with E-state index in [2.05, 4.69) is 41.9 Å². The summed E-state index contributed by atoms with van der Waals surface area (Å²) in [6.45, 7) is 6.15. The standard InChI is InChI=1S/C17H25N3O2/c1-13(2)11-20-15-8-5-4-7-14(15)19-16(20)9-6-10-18-17(21)12-22-3/h4-5,7-8,13H,6,9-12H2,1-3H3,(H,18,21). The predicted octanol–water partition coefficient (Wildman–Crippen LogP) is 2.39. The summed E-state index contributed by atoms with van der Waals surface area (Å²) in [6, 6.07) is 8.24. The van der Waals surface area contributed by atoms with E-state index in [0.717, 1.165) is 30.7 Å². The van der Waals surface area contributed by atoms with Crippen LogP contribution in [0.3, 0.4) is 0 Å². The number of nitrogens with zero attached hydrogens (tertiary/aromatic N) is 2. The van der Waals surface area contributed by atoms with Gasteiger partial charge in [0.15, 0.2) is 0 Å². The molecule has 2 aromatic rings. The van der Waals surface area contributed by atoms with E-state index >= 15 is 0 Å². The topological polar surface area (TPSA) is 56.1 Å². The van der Waals surface area contributed by atoms with E-state index in [9.17, 15) is 4.79 Å². The first kappa shape index (κ1) is 16.5. The lowest BCUT2D eigenvalue weighted by Crippen LogP contribution is -2.28. The van der Waals surface area contributed by atoms with Crippen molar-refractivity contribution >= 4 is 16.9 Å². The van der Waals surface area contributed by atoms with Crippen molar-refractivity contribution in [2.24, 2.45) is 5.92 Å². The Morgan fingerprint density at radius 2 is 2.14 bits per heavy atom. The van der Waals surface area contributed by atoms with Crippen molar-refractivity contribution in [3.05, 3.63) is 30.1 Å². The number of fused-ring (bicyclic) bond motifs is 1. The largest absolute Gasteiger partial charge is 0.375 e. The van der Waals surface area contributed by atoms with E-state index in [0.29, 0.717) is 12.5 Å². The number of para-hydroxylation sites is 2. The Balaban J connectivity index is 2.02. The zero-order valence-electron chi connectivity index (χ0n) is 13.6. The molecular formula is C17H25N3O2. The highest BCUT2D eigenvalue weighted by Crippen LogP contribution is 2.18. The summed E-state index contributed by atoms with van der Waals surface area (Å²) in [4.78, 5) is 16.1. The number of imidazole rings is 1. The fourth-order valence-electron chi connectivity index (χ4n) is 2.54. The fraction of sp³-hybridized carbons (Fsp3) is 0.529. The fourth-order valence-corrected chi connectivity index (χ4v) is 2.54. The molecule has 1 heterocycles. The van der Waals surface area contributed by atoms with E-state index in [-0.39, 0.29) is 12.5 Å². The van der Waals surface area contributed by atoms with Crippen LogP contribution in [0, 0.1) is 5.92 Å². The molecule has 5 heteroatoms. The summed E-state index contributed by atoms with van der Waals surface area (Å²) in [7, 11) is 1.52. The van der Waals surface area contributed by atoms with Crippen molar-refractivity contribution in [1.82, 2.24) is 14.9 Å². The minimum atomic E-state index is -0.0711. The Labute approximate surface area is 131 Å². The third-order valence-electron chi connectivity index (χ3n) is 3.46. The molecule has 0 radical (unpaired) electrons. The van der Waals surface area contributed by atoms with Crippen LogP contribution in [0.4, 0.5) is 0 Å². The number of aryl methyl sites for hydroxylation is 1. The van der Waals surface area contributed by atoms with Gasteiger partial charge in [-0.2, -0.15) is 0 Å². The number of rotatable bonds is 8. The number of methoxy groups -OCH3 is 1. The molecule has 1 N–H and O–H groups in total. The zero-order chi connectivity index (χ0) is 15.9. The molecule has 0 bridgehead atoms. The van der Waals surface area contributed by atoms with Gasteiger partial charge in [0.2, 0.25) is 5.91 Å². The van der Waals surface area contributed by atoms with Crippen molar-refractivity contribution in [3.8, 4) is 0 Å². The molecule has 0 aliphatic carbocycles. The Bertz CT molecular complexity index is 619. The Morgan fingerprint density at radius 3 is 2.86 bits per heavy atom. The van der Waals surface area contributed by atoms with Gasteiger partial charge in [0.25, 0.3) is 0 Å². The molecule has 0 aliphatic rings. The molecule has 5 nitrogen and oxygen atoms in total. The van der Waals surface area contributed by atoms with Crippen LogP contribution in [0.15, 0.2) is 24.3 Å². The highest BCUT2D eigenvalue weighted by atomic mass is 16.5. The molecule has 120 valence electrons. The summed E-state index contributed by atoms with van der Waals surface area (Å²) in [5.74, 6) is 1.59. The number of amides is 1. The van der Waals surface area contributed by atoms with Crippen LogP contribution in [0.5, 0.6) is 0 Å². The lowest BCUT2D eigenvalue weighted by molar-refractivity contribution is -0.124. The second kappa shape index (κ2) is 7.94. The number of hydrogen-bond donors (Lipinski definition) is 1. The van der Waals surface area contributed by atoms with Gasteiger partial charge in [-0.05, 0) is 24.5 Å². The van der Waals surface area contributed by atoms with Gasteiger partial charge in [0, 0.05) is 26.6 Å². The summed E-state index contributed by atoms with van der Waals surface area (Å²) >= 11 is 0. The van der Waals surface area contributed by atoms with E-state index in [1.54, 1.807) is 0 Å². The number of nitrogens with one attached hydrogen (secondary N) is 1. The van der Waals surface area contributed by atoms with Gasteiger partial charge in [-0.15, -0.1) is 0 Å². The van der Waals surface area contributed by atoms with Gasteiger partial charge in [-0.1, -0.05) is 26.0 Å². The van der Waals surface area contributed by atoms with Crippen molar-refractivity contribution in [1.29, 1.82) is 0 Å². The minimum absolute atomic E-state index is 0.0711. The van der Waals surface area contributed by atoms with Gasteiger partial charge in [0.05, 0.1) is 11.0 Å². The first-order chi connectivity index (χ1) is 10.6. The third kappa shape index (κ3) is 4.31. The summed E-state index contributed by atoms with van der Waals surface area (Å²) in [5, 5.41) is 2.85. The summed E-state index contributed by atoms with van der Waals surface area (Å²) in [6.07, 6.45) is 1.73. The maximum Gasteiger partial charge on any atom is 0.245 e. The second-order valence-electron chi connectivity index (χ2n) is 5.91. The summed E-state index contributed by atoms with van der Waals surface area (Å²) in [5.41, 5.74) is 2.23. The normalized spacial score (nSPS) is 11.3. The third-order valence-corrected chi connectivity index (χ3v) is 3.46. The number of benzene rings is 1. The molecule has 0 atom stereocenters. The lowest BCUT2D eigenvalue weighted by atomic mass is 10.2. The maximum absolute atomic E-state index is 11.4. The number of carbonyl (C=O) groups is 1. The number of hydrogen-bond acceptors (Lipinski definition) is 3. The minimum Gasteiger partial charge on any atom is -0.375 e. The van der Waals surface area contributed by atoms with E-state index < -0.39 is 0 Å². The first-order valence-electron chi connectivity index (χ1n) is 7.81. The van der Waals surface area contributed by atoms with Crippen LogP contribution >= 0.6 is 0 Å². The van der Waals surface area contributed by atoms with Crippen molar-refractivity contribution in [3.63, 3.8) is 0 Å².